The maximum atomic E-state index is 11.4. The van der Waals surface area contributed by atoms with Gasteiger partial charge >= 0.3 is 6.03 Å². The molecule has 1 atom stereocenters. The summed E-state index contributed by atoms with van der Waals surface area (Å²) in [6.45, 7) is 8.88. The van der Waals surface area contributed by atoms with E-state index < -0.39 is 0 Å². The first-order chi connectivity index (χ1) is 7.59. The zero-order valence-corrected chi connectivity index (χ0v) is 10.6. The standard InChI is InChI=1S/C12H18N2OS/c1-9(2)6-13-12(15)14-7-10(3)11-4-5-16-8-11/h4-5,8,10H,1,6-7H2,2-3H3,(H2,13,14,15)/t10-/m0/s1. The Kier molecular flexibility index (Phi) is 5.05. The van der Waals surface area contributed by atoms with Crippen molar-refractivity contribution in [2.75, 3.05) is 13.1 Å². The molecule has 0 bridgehead atoms. The Labute approximate surface area is 101 Å². The number of hydrogen-bond donors (Lipinski definition) is 2. The largest absolute Gasteiger partial charge is 0.338 e. The first kappa shape index (κ1) is 12.8. The van der Waals surface area contributed by atoms with Gasteiger partial charge in [-0.3, -0.25) is 0 Å². The molecule has 0 unspecified atom stereocenters. The number of rotatable bonds is 5. The molecule has 0 fully saturated rings. The highest BCUT2D eigenvalue weighted by Gasteiger charge is 2.07. The molecule has 0 spiro atoms. The van der Waals surface area contributed by atoms with Crippen LogP contribution in [0.2, 0.25) is 0 Å². The molecule has 1 aromatic heterocycles. The SMILES string of the molecule is C=C(C)CNC(=O)NC[C@H](C)c1ccsc1. The fourth-order valence-electron chi connectivity index (χ4n) is 1.21. The van der Waals surface area contributed by atoms with Crippen molar-refractivity contribution < 1.29 is 4.79 Å². The van der Waals surface area contributed by atoms with E-state index in [1.54, 1.807) is 11.3 Å². The Balaban J connectivity index is 2.24. The minimum absolute atomic E-state index is 0.134. The van der Waals surface area contributed by atoms with Crippen molar-refractivity contribution in [2.24, 2.45) is 0 Å². The Bertz CT molecular complexity index is 346. The molecular formula is C12H18N2OS. The van der Waals surface area contributed by atoms with E-state index in [0.29, 0.717) is 19.0 Å². The van der Waals surface area contributed by atoms with E-state index in [9.17, 15) is 4.79 Å². The van der Waals surface area contributed by atoms with Crippen molar-refractivity contribution in [1.82, 2.24) is 10.6 Å². The topological polar surface area (TPSA) is 41.1 Å². The highest BCUT2D eigenvalue weighted by Crippen LogP contribution is 2.16. The van der Waals surface area contributed by atoms with Gasteiger partial charge in [0.1, 0.15) is 0 Å². The lowest BCUT2D eigenvalue weighted by atomic mass is 10.1. The fourth-order valence-corrected chi connectivity index (χ4v) is 1.99. The third-order valence-electron chi connectivity index (χ3n) is 2.23. The molecule has 0 aliphatic rings. The first-order valence-corrected chi connectivity index (χ1v) is 6.22. The molecule has 4 heteroatoms. The number of hydrogen-bond acceptors (Lipinski definition) is 2. The molecular weight excluding hydrogens is 220 g/mol. The van der Waals surface area contributed by atoms with E-state index in [0.717, 1.165) is 5.57 Å². The predicted octanol–water partition coefficient (Wildman–Crippen LogP) is 2.73. The maximum absolute atomic E-state index is 11.4. The van der Waals surface area contributed by atoms with Crippen LogP contribution in [0.3, 0.4) is 0 Å². The van der Waals surface area contributed by atoms with Gasteiger partial charge in [0, 0.05) is 13.1 Å². The van der Waals surface area contributed by atoms with Crippen molar-refractivity contribution in [1.29, 1.82) is 0 Å². The third kappa shape index (κ3) is 4.49. The number of amides is 2. The van der Waals surface area contributed by atoms with Crippen molar-refractivity contribution in [3.63, 3.8) is 0 Å². The van der Waals surface area contributed by atoms with Crippen LogP contribution in [-0.4, -0.2) is 19.1 Å². The van der Waals surface area contributed by atoms with Gasteiger partial charge in [0.05, 0.1) is 0 Å². The summed E-state index contributed by atoms with van der Waals surface area (Å²) < 4.78 is 0. The minimum Gasteiger partial charge on any atom is -0.338 e. The molecule has 2 amide bonds. The molecule has 88 valence electrons. The summed E-state index contributed by atoms with van der Waals surface area (Å²) in [7, 11) is 0. The summed E-state index contributed by atoms with van der Waals surface area (Å²) in [4.78, 5) is 11.4. The van der Waals surface area contributed by atoms with Gasteiger partial charge in [-0.05, 0) is 35.2 Å². The minimum atomic E-state index is -0.134. The van der Waals surface area contributed by atoms with Crippen LogP contribution in [0.4, 0.5) is 4.79 Å². The summed E-state index contributed by atoms with van der Waals surface area (Å²) >= 11 is 1.68. The summed E-state index contributed by atoms with van der Waals surface area (Å²) in [5, 5.41) is 9.73. The van der Waals surface area contributed by atoms with E-state index >= 15 is 0 Å². The van der Waals surface area contributed by atoms with Crippen LogP contribution in [0, 0.1) is 0 Å². The van der Waals surface area contributed by atoms with E-state index in [1.807, 2.05) is 12.3 Å². The third-order valence-corrected chi connectivity index (χ3v) is 2.93. The Hall–Kier alpha value is -1.29. The van der Waals surface area contributed by atoms with Gasteiger partial charge in [-0.2, -0.15) is 11.3 Å². The molecule has 2 N–H and O–H groups in total. The van der Waals surface area contributed by atoms with Crippen LogP contribution in [0.25, 0.3) is 0 Å². The smallest absolute Gasteiger partial charge is 0.315 e. The predicted molar refractivity (Wildman–Crippen MR) is 68.9 cm³/mol. The normalized spacial score (nSPS) is 11.9. The summed E-state index contributed by atoms with van der Waals surface area (Å²) in [5.41, 5.74) is 2.21. The van der Waals surface area contributed by atoms with Crippen LogP contribution in [0.15, 0.2) is 29.0 Å². The Morgan fingerprint density at radius 3 is 2.88 bits per heavy atom. The second-order valence-electron chi connectivity index (χ2n) is 3.98. The van der Waals surface area contributed by atoms with Crippen molar-refractivity contribution >= 4 is 17.4 Å². The van der Waals surface area contributed by atoms with Gasteiger partial charge in [0.25, 0.3) is 0 Å². The molecule has 0 radical (unpaired) electrons. The molecule has 1 heterocycles. The van der Waals surface area contributed by atoms with Gasteiger partial charge in [-0.25, -0.2) is 4.79 Å². The maximum Gasteiger partial charge on any atom is 0.315 e. The van der Waals surface area contributed by atoms with Crippen molar-refractivity contribution in [3.05, 3.63) is 34.5 Å². The zero-order chi connectivity index (χ0) is 12.0. The molecule has 0 saturated heterocycles. The molecule has 1 rings (SSSR count). The zero-order valence-electron chi connectivity index (χ0n) is 9.75. The molecule has 3 nitrogen and oxygen atoms in total. The molecule has 16 heavy (non-hydrogen) atoms. The number of carbonyl (C=O) groups excluding carboxylic acids is 1. The lowest BCUT2D eigenvalue weighted by Gasteiger charge is -2.12. The lowest BCUT2D eigenvalue weighted by molar-refractivity contribution is 0.241. The van der Waals surface area contributed by atoms with Crippen LogP contribution < -0.4 is 10.6 Å². The second-order valence-corrected chi connectivity index (χ2v) is 4.76. The number of nitrogens with one attached hydrogen (secondary N) is 2. The number of thiophene rings is 1. The first-order valence-electron chi connectivity index (χ1n) is 5.27. The highest BCUT2D eigenvalue weighted by molar-refractivity contribution is 7.07. The van der Waals surface area contributed by atoms with Crippen molar-refractivity contribution in [3.8, 4) is 0 Å². The van der Waals surface area contributed by atoms with E-state index in [1.165, 1.54) is 5.56 Å². The van der Waals surface area contributed by atoms with Gasteiger partial charge in [-0.15, -0.1) is 0 Å². The number of carbonyl (C=O) groups is 1. The number of urea groups is 1. The monoisotopic (exact) mass is 238 g/mol. The molecule has 0 aromatic carbocycles. The summed E-state index contributed by atoms with van der Waals surface area (Å²) in [6.07, 6.45) is 0. The van der Waals surface area contributed by atoms with Crippen LogP contribution in [0.5, 0.6) is 0 Å². The lowest BCUT2D eigenvalue weighted by Crippen LogP contribution is -2.38. The quantitative estimate of drug-likeness (QED) is 0.761. The van der Waals surface area contributed by atoms with Gasteiger partial charge in [0.2, 0.25) is 0 Å². The molecule has 1 aromatic rings. The average molecular weight is 238 g/mol. The summed E-state index contributed by atoms with van der Waals surface area (Å²) in [5.74, 6) is 0.349. The fraction of sp³-hybridized carbons (Fsp3) is 0.417. The highest BCUT2D eigenvalue weighted by atomic mass is 32.1. The average Bonchev–Trinajstić information content (AvgIpc) is 2.76. The summed E-state index contributed by atoms with van der Waals surface area (Å²) in [6, 6.07) is 1.95. The van der Waals surface area contributed by atoms with E-state index in [4.69, 9.17) is 0 Å². The van der Waals surface area contributed by atoms with Gasteiger partial charge in [0.15, 0.2) is 0 Å². The van der Waals surface area contributed by atoms with Crippen LogP contribution in [-0.2, 0) is 0 Å². The Morgan fingerprint density at radius 2 is 2.31 bits per heavy atom. The molecule has 0 aliphatic carbocycles. The second kappa shape index (κ2) is 6.33. The Morgan fingerprint density at radius 1 is 1.56 bits per heavy atom. The van der Waals surface area contributed by atoms with Crippen LogP contribution in [0.1, 0.15) is 25.3 Å². The molecule has 0 saturated carbocycles. The van der Waals surface area contributed by atoms with E-state index in [-0.39, 0.29) is 6.03 Å². The van der Waals surface area contributed by atoms with E-state index in [2.05, 4.69) is 35.6 Å². The van der Waals surface area contributed by atoms with Crippen molar-refractivity contribution in [2.45, 2.75) is 19.8 Å². The van der Waals surface area contributed by atoms with Crippen LogP contribution >= 0.6 is 11.3 Å². The van der Waals surface area contributed by atoms with Gasteiger partial charge in [-0.1, -0.05) is 19.1 Å². The van der Waals surface area contributed by atoms with Gasteiger partial charge < -0.3 is 10.6 Å². The molecule has 0 aliphatic heterocycles.